The average Bonchev–Trinajstić information content (AvgIpc) is 2.86. The van der Waals surface area contributed by atoms with Crippen molar-refractivity contribution < 1.29 is 13.3 Å². The largest absolute Gasteiger partial charge is 0.300 e. The molecule has 0 saturated heterocycles. The molecular formula is C5H2ClN5O4S3. The predicted octanol–water partition coefficient (Wildman–Crippen LogP) is 1.36. The first-order valence-corrected chi connectivity index (χ1v) is 7.47. The summed E-state index contributed by atoms with van der Waals surface area (Å²) in [5.74, 6) is 0. The Morgan fingerprint density at radius 1 is 1.50 bits per heavy atom. The van der Waals surface area contributed by atoms with E-state index < -0.39 is 20.6 Å². The number of aromatic nitrogens is 3. The molecule has 0 aliphatic carbocycles. The Morgan fingerprint density at radius 3 is 2.72 bits per heavy atom. The summed E-state index contributed by atoms with van der Waals surface area (Å²) in [7, 11) is -3.97. The van der Waals surface area contributed by atoms with Crippen molar-refractivity contribution in [1.29, 1.82) is 0 Å². The Kier molecular flexibility index (Phi) is 3.43. The highest BCUT2D eigenvalue weighted by atomic mass is 35.5. The Balaban J connectivity index is 2.36. The summed E-state index contributed by atoms with van der Waals surface area (Å²) in [6, 6.07) is 0.879. The van der Waals surface area contributed by atoms with Crippen LogP contribution in [0.3, 0.4) is 0 Å². The predicted molar refractivity (Wildman–Crippen MR) is 64.5 cm³/mol. The number of nitro groups is 1. The van der Waals surface area contributed by atoms with Crippen molar-refractivity contribution in [3.8, 4) is 0 Å². The second-order valence-electron chi connectivity index (χ2n) is 2.75. The van der Waals surface area contributed by atoms with Gasteiger partial charge in [-0.1, -0.05) is 21.2 Å². The first-order chi connectivity index (χ1) is 8.40. The molecule has 0 radical (unpaired) electrons. The minimum Gasteiger partial charge on any atom is -0.258 e. The van der Waals surface area contributed by atoms with Crippen molar-refractivity contribution in [3.63, 3.8) is 0 Å². The summed E-state index contributed by atoms with van der Waals surface area (Å²) in [5.41, 5.74) is -0.461. The maximum Gasteiger partial charge on any atom is 0.300 e. The number of rotatable bonds is 4. The van der Waals surface area contributed by atoms with E-state index in [0.717, 1.165) is 17.6 Å². The van der Waals surface area contributed by atoms with Crippen molar-refractivity contribution in [2.24, 2.45) is 0 Å². The molecule has 13 heteroatoms. The monoisotopic (exact) mass is 327 g/mol. The third kappa shape index (κ3) is 2.55. The third-order valence-corrected chi connectivity index (χ3v) is 5.42. The lowest BCUT2D eigenvalue weighted by Gasteiger charge is -1.99. The van der Waals surface area contributed by atoms with Gasteiger partial charge in [-0.15, -0.1) is 11.3 Å². The van der Waals surface area contributed by atoms with Crippen LogP contribution in [0.4, 0.5) is 10.8 Å². The van der Waals surface area contributed by atoms with E-state index in [4.69, 9.17) is 11.6 Å². The second-order valence-corrected chi connectivity index (χ2v) is 7.05. The lowest BCUT2D eigenvalue weighted by atomic mass is 10.6. The van der Waals surface area contributed by atoms with E-state index in [2.05, 4.69) is 19.5 Å². The van der Waals surface area contributed by atoms with Crippen LogP contribution in [-0.4, -0.2) is 28.1 Å². The fraction of sp³-hybridized carbons (Fsp3) is 0. The van der Waals surface area contributed by atoms with Crippen molar-refractivity contribution in [3.05, 3.63) is 20.5 Å². The molecule has 0 spiro atoms. The SMILES string of the molecule is O=[N+]([O-])c1cc(S(=O)(=O)Nc2nnns2)sc1Cl. The highest BCUT2D eigenvalue weighted by molar-refractivity contribution is 7.94. The topological polar surface area (TPSA) is 128 Å². The number of hydrogen-bond donors (Lipinski definition) is 1. The molecule has 18 heavy (non-hydrogen) atoms. The molecule has 0 aliphatic heterocycles. The minimum atomic E-state index is -3.97. The van der Waals surface area contributed by atoms with Gasteiger partial charge in [-0.2, -0.15) is 0 Å². The summed E-state index contributed by atoms with van der Waals surface area (Å²) in [6.07, 6.45) is 0. The zero-order valence-electron chi connectivity index (χ0n) is 8.10. The Morgan fingerprint density at radius 2 is 2.22 bits per heavy atom. The summed E-state index contributed by atoms with van der Waals surface area (Å²) in [5, 5.41) is 17.1. The van der Waals surface area contributed by atoms with E-state index in [0.29, 0.717) is 11.3 Å². The molecule has 0 unspecified atom stereocenters. The molecule has 0 amide bonds. The number of halogens is 1. The molecule has 1 N–H and O–H groups in total. The highest BCUT2D eigenvalue weighted by Crippen LogP contribution is 2.36. The van der Waals surface area contributed by atoms with Gasteiger partial charge in [0, 0.05) is 17.6 Å². The van der Waals surface area contributed by atoms with Gasteiger partial charge in [0.1, 0.15) is 4.21 Å². The zero-order chi connectivity index (χ0) is 13.3. The van der Waals surface area contributed by atoms with Crippen LogP contribution >= 0.6 is 34.5 Å². The Hall–Kier alpha value is -1.37. The van der Waals surface area contributed by atoms with Gasteiger partial charge in [0.2, 0.25) is 5.13 Å². The molecule has 96 valence electrons. The average molecular weight is 328 g/mol. The summed E-state index contributed by atoms with van der Waals surface area (Å²) < 4.78 is 28.6. The Labute approximate surface area is 113 Å². The van der Waals surface area contributed by atoms with Crippen molar-refractivity contribution in [2.75, 3.05) is 4.72 Å². The summed E-state index contributed by atoms with van der Waals surface area (Å²) in [6.45, 7) is 0. The molecule has 2 aromatic heterocycles. The van der Waals surface area contributed by atoms with Crippen LogP contribution in [-0.2, 0) is 10.0 Å². The van der Waals surface area contributed by atoms with Crippen molar-refractivity contribution in [1.82, 2.24) is 14.8 Å². The molecule has 0 fully saturated rings. The van der Waals surface area contributed by atoms with Crippen LogP contribution < -0.4 is 4.72 Å². The highest BCUT2D eigenvalue weighted by Gasteiger charge is 2.26. The fourth-order valence-corrected chi connectivity index (χ4v) is 4.18. The first kappa shape index (κ1) is 13.1. The maximum absolute atomic E-state index is 11.8. The van der Waals surface area contributed by atoms with Crippen molar-refractivity contribution in [2.45, 2.75) is 4.21 Å². The van der Waals surface area contributed by atoms with Gasteiger partial charge in [0.05, 0.1) is 4.92 Å². The molecule has 2 heterocycles. The van der Waals surface area contributed by atoms with Crippen molar-refractivity contribution >= 4 is 55.3 Å². The number of anilines is 1. The number of sulfonamides is 1. The lowest BCUT2D eigenvalue weighted by molar-refractivity contribution is -0.384. The normalized spacial score (nSPS) is 11.4. The van der Waals surface area contributed by atoms with E-state index in [9.17, 15) is 18.5 Å². The van der Waals surface area contributed by atoms with E-state index in [1.54, 1.807) is 0 Å². The van der Waals surface area contributed by atoms with Gasteiger partial charge in [-0.05, 0) is 5.21 Å². The van der Waals surface area contributed by atoms with Crippen LogP contribution in [0.1, 0.15) is 0 Å². The van der Waals surface area contributed by atoms with Gasteiger partial charge in [0.15, 0.2) is 4.34 Å². The van der Waals surface area contributed by atoms with Crippen LogP contribution in [0.15, 0.2) is 10.3 Å². The first-order valence-electron chi connectivity index (χ1n) is 4.02. The van der Waals surface area contributed by atoms with Gasteiger partial charge < -0.3 is 0 Å². The van der Waals surface area contributed by atoms with Gasteiger partial charge in [-0.3, -0.25) is 14.8 Å². The van der Waals surface area contributed by atoms with E-state index in [1.807, 2.05) is 0 Å². The molecule has 0 bridgehead atoms. The molecule has 0 aliphatic rings. The molecule has 2 rings (SSSR count). The number of hydrogen-bond acceptors (Lipinski definition) is 9. The Bertz CT molecular complexity index is 680. The summed E-state index contributed by atoms with van der Waals surface area (Å²) in [4.78, 5) is 9.80. The molecule has 0 aromatic carbocycles. The molecule has 0 atom stereocenters. The van der Waals surface area contributed by atoms with Crippen LogP contribution in [0.5, 0.6) is 0 Å². The zero-order valence-corrected chi connectivity index (χ0v) is 11.3. The second kappa shape index (κ2) is 4.72. The van der Waals surface area contributed by atoms with Gasteiger partial charge >= 0.3 is 0 Å². The van der Waals surface area contributed by atoms with Crippen LogP contribution in [0, 0.1) is 10.1 Å². The number of nitrogens with zero attached hydrogens (tertiary/aromatic N) is 4. The lowest BCUT2D eigenvalue weighted by Crippen LogP contribution is -2.11. The fourth-order valence-electron chi connectivity index (χ4n) is 0.934. The van der Waals surface area contributed by atoms with Crippen LogP contribution in [0.2, 0.25) is 4.34 Å². The smallest absolute Gasteiger partial charge is 0.258 e. The van der Waals surface area contributed by atoms with E-state index in [-0.39, 0.29) is 13.7 Å². The molecule has 0 saturated carbocycles. The van der Waals surface area contributed by atoms with Gasteiger partial charge in [-0.25, -0.2) is 8.42 Å². The maximum atomic E-state index is 11.8. The van der Waals surface area contributed by atoms with E-state index in [1.165, 1.54) is 0 Å². The van der Waals surface area contributed by atoms with Crippen LogP contribution in [0.25, 0.3) is 0 Å². The number of thiophene rings is 1. The quantitative estimate of drug-likeness (QED) is 0.663. The molecule has 9 nitrogen and oxygen atoms in total. The third-order valence-electron chi connectivity index (χ3n) is 1.63. The molecular weight excluding hydrogens is 326 g/mol. The van der Waals surface area contributed by atoms with Gasteiger partial charge in [0.25, 0.3) is 15.7 Å². The van der Waals surface area contributed by atoms with E-state index >= 15 is 0 Å². The standard InChI is InChI=1S/C5H2ClN5O4S3/c6-4-2(11(12)13)1-3(16-4)18(14,15)8-5-7-9-10-17-5/h1H,(H,7,8,10). The number of nitrogens with one attached hydrogen (secondary N) is 1. The minimum absolute atomic E-state index is 0.0397. The molecule has 2 aromatic rings. The summed E-state index contributed by atoms with van der Waals surface area (Å²) >= 11 is 6.89.